The third kappa shape index (κ3) is 2.55. The highest BCUT2D eigenvalue weighted by atomic mass is 35.5. The van der Waals surface area contributed by atoms with Gasteiger partial charge in [0.2, 0.25) is 0 Å². The van der Waals surface area contributed by atoms with Gasteiger partial charge in [-0.3, -0.25) is 4.79 Å². The van der Waals surface area contributed by atoms with Crippen molar-refractivity contribution in [3.05, 3.63) is 69.0 Å². The Balaban J connectivity index is 2.44. The van der Waals surface area contributed by atoms with E-state index in [-0.39, 0.29) is 16.6 Å². The van der Waals surface area contributed by atoms with Gasteiger partial charge in [0.05, 0.1) is 5.02 Å². The Morgan fingerprint density at radius 3 is 2.44 bits per heavy atom. The molecule has 4 heteroatoms. The molecule has 92 valence electrons. The second-order valence-corrected chi connectivity index (χ2v) is 4.76. The normalized spacial score (nSPS) is 10.4. The van der Waals surface area contributed by atoms with Crippen molar-refractivity contribution >= 4 is 29.0 Å². The maximum Gasteiger partial charge on any atom is 0.194 e. The molecule has 0 fully saturated rings. The van der Waals surface area contributed by atoms with Crippen LogP contribution in [0.4, 0.5) is 4.39 Å². The molecule has 2 rings (SSSR count). The van der Waals surface area contributed by atoms with Crippen LogP contribution in [0.5, 0.6) is 0 Å². The van der Waals surface area contributed by atoms with Gasteiger partial charge in [-0.2, -0.15) is 0 Å². The lowest BCUT2D eigenvalue weighted by atomic mass is 10.0. The second-order valence-electron chi connectivity index (χ2n) is 3.92. The zero-order valence-electron chi connectivity index (χ0n) is 9.51. The number of halogens is 3. The summed E-state index contributed by atoms with van der Waals surface area (Å²) in [5.41, 5.74) is 1.18. The zero-order valence-corrected chi connectivity index (χ0v) is 11.0. The topological polar surface area (TPSA) is 17.1 Å². The van der Waals surface area contributed by atoms with Gasteiger partial charge >= 0.3 is 0 Å². The number of carbonyl (C=O) groups excluding carboxylic acids is 1. The third-order valence-electron chi connectivity index (χ3n) is 2.60. The van der Waals surface area contributed by atoms with Crippen molar-refractivity contribution in [3.63, 3.8) is 0 Å². The van der Waals surface area contributed by atoms with Crippen LogP contribution in [-0.2, 0) is 0 Å². The fourth-order valence-corrected chi connectivity index (χ4v) is 2.11. The molecular weight excluding hydrogens is 274 g/mol. The van der Waals surface area contributed by atoms with Gasteiger partial charge in [-0.05, 0) is 48.9 Å². The van der Waals surface area contributed by atoms with Crippen LogP contribution in [0.2, 0.25) is 10.0 Å². The molecule has 0 saturated carbocycles. The Hall–Kier alpha value is -1.38. The van der Waals surface area contributed by atoms with Gasteiger partial charge in [-0.1, -0.05) is 23.2 Å². The van der Waals surface area contributed by atoms with E-state index in [1.54, 1.807) is 19.1 Å². The molecule has 0 amide bonds. The molecule has 0 atom stereocenters. The van der Waals surface area contributed by atoms with Gasteiger partial charge in [0.25, 0.3) is 0 Å². The Kier molecular flexibility index (Phi) is 3.69. The fraction of sp³-hybridized carbons (Fsp3) is 0.0714. The molecule has 0 saturated heterocycles. The van der Waals surface area contributed by atoms with E-state index in [9.17, 15) is 9.18 Å². The summed E-state index contributed by atoms with van der Waals surface area (Å²) >= 11 is 11.7. The van der Waals surface area contributed by atoms with Crippen molar-refractivity contribution in [3.8, 4) is 0 Å². The number of ketones is 1. The molecular formula is C14H9Cl2FO. The van der Waals surface area contributed by atoms with E-state index in [0.717, 1.165) is 0 Å². The summed E-state index contributed by atoms with van der Waals surface area (Å²) in [5.74, 6) is -0.589. The van der Waals surface area contributed by atoms with Crippen molar-refractivity contribution in [2.45, 2.75) is 6.92 Å². The molecule has 18 heavy (non-hydrogen) atoms. The molecule has 2 aromatic carbocycles. The van der Waals surface area contributed by atoms with Gasteiger partial charge in [0, 0.05) is 16.1 Å². The molecule has 0 spiro atoms. The van der Waals surface area contributed by atoms with E-state index in [1.807, 2.05) is 0 Å². The highest BCUT2D eigenvalue weighted by molar-refractivity contribution is 6.37. The summed E-state index contributed by atoms with van der Waals surface area (Å²) in [6.45, 7) is 1.61. The summed E-state index contributed by atoms with van der Waals surface area (Å²) in [6.07, 6.45) is 0. The minimum atomic E-state index is -0.339. The first-order chi connectivity index (χ1) is 8.49. The van der Waals surface area contributed by atoms with Crippen molar-refractivity contribution in [2.75, 3.05) is 0 Å². The van der Waals surface area contributed by atoms with Gasteiger partial charge in [0.1, 0.15) is 5.82 Å². The highest BCUT2D eigenvalue weighted by Gasteiger charge is 2.14. The Morgan fingerprint density at radius 1 is 1.11 bits per heavy atom. The smallest absolute Gasteiger partial charge is 0.194 e. The summed E-state index contributed by atoms with van der Waals surface area (Å²) in [6, 6.07) is 8.88. The Labute approximate surface area is 114 Å². The lowest BCUT2D eigenvalue weighted by Gasteiger charge is -2.05. The second kappa shape index (κ2) is 5.09. The van der Waals surface area contributed by atoms with Crippen LogP contribution in [0, 0.1) is 12.7 Å². The lowest BCUT2D eigenvalue weighted by molar-refractivity contribution is 0.103. The van der Waals surface area contributed by atoms with Gasteiger partial charge in [0.15, 0.2) is 5.78 Å². The van der Waals surface area contributed by atoms with E-state index in [4.69, 9.17) is 23.2 Å². The van der Waals surface area contributed by atoms with Gasteiger partial charge < -0.3 is 0 Å². The van der Waals surface area contributed by atoms with Gasteiger partial charge in [-0.25, -0.2) is 4.39 Å². The first-order valence-electron chi connectivity index (χ1n) is 5.25. The van der Waals surface area contributed by atoms with E-state index >= 15 is 0 Å². The maximum atomic E-state index is 13.1. The summed E-state index contributed by atoms with van der Waals surface area (Å²) in [5, 5.41) is 0.751. The Bertz CT molecular complexity index is 623. The molecule has 0 radical (unpaired) electrons. The summed E-state index contributed by atoms with van der Waals surface area (Å²) in [7, 11) is 0. The minimum absolute atomic E-state index is 0.250. The quantitative estimate of drug-likeness (QED) is 0.732. The zero-order chi connectivity index (χ0) is 13.3. The van der Waals surface area contributed by atoms with Crippen LogP contribution >= 0.6 is 23.2 Å². The van der Waals surface area contributed by atoms with Crippen LogP contribution in [0.3, 0.4) is 0 Å². The molecule has 1 nitrogen and oxygen atoms in total. The summed E-state index contributed by atoms with van der Waals surface area (Å²) in [4.78, 5) is 12.2. The number of carbonyl (C=O) groups is 1. The Morgan fingerprint density at radius 2 is 1.83 bits per heavy atom. The van der Waals surface area contributed by atoms with E-state index in [1.165, 1.54) is 24.3 Å². The SMILES string of the molecule is Cc1cc(C(=O)c2ccc(Cl)cc2Cl)ccc1F. The highest BCUT2D eigenvalue weighted by Crippen LogP contribution is 2.24. The molecule has 0 aromatic heterocycles. The fourth-order valence-electron chi connectivity index (χ4n) is 1.62. The predicted molar refractivity (Wildman–Crippen MR) is 71.0 cm³/mol. The first kappa shape index (κ1) is 13.1. The van der Waals surface area contributed by atoms with Gasteiger partial charge in [-0.15, -0.1) is 0 Å². The molecule has 0 aliphatic rings. The van der Waals surface area contributed by atoms with Crippen molar-refractivity contribution in [2.24, 2.45) is 0 Å². The van der Waals surface area contributed by atoms with Crippen LogP contribution in [0.15, 0.2) is 36.4 Å². The van der Waals surface area contributed by atoms with Crippen LogP contribution in [-0.4, -0.2) is 5.78 Å². The largest absolute Gasteiger partial charge is 0.289 e. The monoisotopic (exact) mass is 282 g/mol. The molecule has 0 unspecified atom stereocenters. The average Bonchev–Trinajstić information content (AvgIpc) is 2.32. The molecule has 0 aliphatic carbocycles. The third-order valence-corrected chi connectivity index (χ3v) is 3.14. The summed E-state index contributed by atoms with van der Waals surface area (Å²) < 4.78 is 13.1. The number of hydrogen-bond donors (Lipinski definition) is 0. The number of aryl methyl sites for hydroxylation is 1. The first-order valence-corrected chi connectivity index (χ1v) is 6.00. The van der Waals surface area contributed by atoms with E-state index in [0.29, 0.717) is 21.7 Å². The van der Waals surface area contributed by atoms with Crippen LogP contribution < -0.4 is 0 Å². The number of hydrogen-bond acceptors (Lipinski definition) is 1. The van der Waals surface area contributed by atoms with Crippen molar-refractivity contribution in [1.29, 1.82) is 0 Å². The molecule has 0 N–H and O–H groups in total. The molecule has 2 aromatic rings. The minimum Gasteiger partial charge on any atom is -0.289 e. The van der Waals surface area contributed by atoms with Crippen LogP contribution in [0.25, 0.3) is 0 Å². The maximum absolute atomic E-state index is 13.1. The predicted octanol–water partition coefficient (Wildman–Crippen LogP) is 4.67. The molecule has 0 aliphatic heterocycles. The van der Waals surface area contributed by atoms with Crippen LogP contribution in [0.1, 0.15) is 21.5 Å². The average molecular weight is 283 g/mol. The lowest BCUT2D eigenvalue weighted by Crippen LogP contribution is -2.03. The molecule has 0 bridgehead atoms. The van der Waals surface area contributed by atoms with E-state index in [2.05, 4.69) is 0 Å². The standard InChI is InChI=1S/C14H9Cl2FO/c1-8-6-9(2-5-13(8)17)14(18)11-4-3-10(15)7-12(11)16/h2-7H,1H3. The molecule has 0 heterocycles. The van der Waals surface area contributed by atoms with Crippen molar-refractivity contribution < 1.29 is 9.18 Å². The van der Waals surface area contributed by atoms with Crippen molar-refractivity contribution in [1.82, 2.24) is 0 Å². The van der Waals surface area contributed by atoms with E-state index < -0.39 is 0 Å². The number of rotatable bonds is 2. The number of benzene rings is 2.